The summed E-state index contributed by atoms with van der Waals surface area (Å²) in [5.74, 6) is 0. The third-order valence-electron chi connectivity index (χ3n) is 4.58. The molecule has 2 fully saturated rings. The summed E-state index contributed by atoms with van der Waals surface area (Å²) >= 11 is 0. The lowest BCUT2D eigenvalue weighted by Gasteiger charge is -2.53. The largest absolute Gasteiger partial charge is 0.388 e. The van der Waals surface area contributed by atoms with Crippen molar-refractivity contribution in [2.45, 2.75) is 50.7 Å². The van der Waals surface area contributed by atoms with Crippen molar-refractivity contribution in [3.63, 3.8) is 0 Å². The zero-order chi connectivity index (χ0) is 11.1. The van der Waals surface area contributed by atoms with Gasteiger partial charge in [0, 0.05) is 12.6 Å². The zero-order valence-electron chi connectivity index (χ0n) is 9.66. The topological polar surface area (TPSA) is 47.3 Å². The molecular weight excluding hydrogens is 188 g/mol. The fourth-order valence-electron chi connectivity index (χ4n) is 2.97. The van der Waals surface area contributed by atoms with Gasteiger partial charge in [0.15, 0.2) is 0 Å². The molecule has 0 aromatic rings. The molecule has 84 valence electrons. The van der Waals surface area contributed by atoms with Crippen LogP contribution in [-0.4, -0.2) is 35.2 Å². The molecule has 0 radical (unpaired) electrons. The third-order valence-corrected chi connectivity index (χ3v) is 4.58. The lowest BCUT2D eigenvalue weighted by Crippen LogP contribution is -2.59. The predicted octanol–water partition coefficient (Wildman–Crippen LogP) is 1.53. The van der Waals surface area contributed by atoms with Gasteiger partial charge in [0.25, 0.3) is 0 Å². The number of likely N-dealkylation sites (tertiary alicyclic amines) is 1. The highest BCUT2D eigenvalue weighted by Crippen LogP contribution is 2.53. The first kappa shape index (κ1) is 10.9. The number of aliphatic hydroxyl groups is 1. The molecule has 2 aliphatic rings. The Kier molecular flexibility index (Phi) is 2.52. The minimum atomic E-state index is -0.730. The van der Waals surface area contributed by atoms with E-state index >= 15 is 0 Å². The summed E-state index contributed by atoms with van der Waals surface area (Å²) in [7, 11) is 2.09. The van der Waals surface area contributed by atoms with Crippen molar-refractivity contribution >= 4 is 0 Å². The maximum Gasteiger partial charge on any atom is 0.0861 e. The maximum atomic E-state index is 10.7. The normalized spacial score (nSPS) is 40.5. The number of rotatable bonds is 1. The van der Waals surface area contributed by atoms with E-state index in [1.807, 2.05) is 0 Å². The molecule has 1 aliphatic carbocycles. The second kappa shape index (κ2) is 3.47. The van der Waals surface area contributed by atoms with Crippen molar-refractivity contribution in [3.05, 3.63) is 0 Å². The molecule has 0 spiro atoms. The highest BCUT2D eigenvalue weighted by molar-refractivity contribution is 5.17. The average Bonchev–Trinajstić information content (AvgIpc) is 2.11. The molecule has 3 heteroatoms. The van der Waals surface area contributed by atoms with Crippen molar-refractivity contribution < 1.29 is 5.11 Å². The Hall–Kier alpha value is -0.590. The Morgan fingerprint density at radius 1 is 1.40 bits per heavy atom. The minimum Gasteiger partial charge on any atom is -0.388 e. The standard InChI is InChI=1S/C12H20N2O/c1-10-8-12(15,6-7-14(10)2)11(9-13)4-3-5-11/h10,15H,3-8H2,1-2H3. The quantitative estimate of drug-likeness (QED) is 0.711. The van der Waals surface area contributed by atoms with Gasteiger partial charge in [0.05, 0.1) is 17.1 Å². The van der Waals surface area contributed by atoms with Crippen LogP contribution in [0.1, 0.15) is 39.0 Å². The number of hydrogen-bond donors (Lipinski definition) is 1. The minimum absolute atomic E-state index is 0.384. The van der Waals surface area contributed by atoms with E-state index in [2.05, 4.69) is 24.9 Å². The van der Waals surface area contributed by atoms with Gasteiger partial charge in [0.2, 0.25) is 0 Å². The van der Waals surface area contributed by atoms with Crippen molar-refractivity contribution in [2.24, 2.45) is 5.41 Å². The van der Waals surface area contributed by atoms with Crippen LogP contribution in [0.3, 0.4) is 0 Å². The van der Waals surface area contributed by atoms with Crippen LogP contribution in [0.2, 0.25) is 0 Å². The highest BCUT2D eigenvalue weighted by atomic mass is 16.3. The summed E-state index contributed by atoms with van der Waals surface area (Å²) < 4.78 is 0. The first-order chi connectivity index (χ1) is 7.03. The zero-order valence-corrected chi connectivity index (χ0v) is 9.66. The molecule has 1 saturated heterocycles. The van der Waals surface area contributed by atoms with E-state index in [0.29, 0.717) is 6.04 Å². The number of hydrogen-bond acceptors (Lipinski definition) is 3. The summed E-state index contributed by atoms with van der Waals surface area (Å²) in [6, 6.07) is 2.78. The molecule has 3 nitrogen and oxygen atoms in total. The summed E-state index contributed by atoms with van der Waals surface area (Å²) in [4.78, 5) is 2.26. The first-order valence-corrected chi connectivity index (χ1v) is 5.87. The number of nitriles is 1. The Morgan fingerprint density at radius 2 is 2.07 bits per heavy atom. The Balaban J connectivity index is 2.17. The van der Waals surface area contributed by atoms with Crippen molar-refractivity contribution in [3.8, 4) is 6.07 Å². The third kappa shape index (κ3) is 1.47. The Labute approximate surface area is 91.7 Å². The lowest BCUT2D eigenvalue weighted by atomic mass is 9.56. The molecule has 15 heavy (non-hydrogen) atoms. The molecule has 2 unspecified atom stereocenters. The van der Waals surface area contributed by atoms with Gasteiger partial charge >= 0.3 is 0 Å². The van der Waals surface area contributed by atoms with Crippen LogP contribution in [0.25, 0.3) is 0 Å². The molecule has 1 aliphatic heterocycles. The molecule has 1 heterocycles. The van der Waals surface area contributed by atoms with Crippen LogP contribution in [-0.2, 0) is 0 Å². The summed E-state index contributed by atoms with van der Waals surface area (Å²) in [5, 5.41) is 20.0. The van der Waals surface area contributed by atoms with Gasteiger partial charge in [0.1, 0.15) is 0 Å². The van der Waals surface area contributed by atoms with Crippen LogP contribution in [0.5, 0.6) is 0 Å². The number of piperidine rings is 1. The summed E-state index contributed by atoms with van der Waals surface area (Å²) in [5.41, 5.74) is -1.16. The van der Waals surface area contributed by atoms with E-state index in [4.69, 9.17) is 0 Å². The smallest absolute Gasteiger partial charge is 0.0861 e. The molecule has 1 saturated carbocycles. The van der Waals surface area contributed by atoms with Crippen LogP contribution < -0.4 is 0 Å². The van der Waals surface area contributed by atoms with Gasteiger partial charge in [-0.1, -0.05) is 6.42 Å². The second-order valence-corrected chi connectivity index (χ2v) is 5.36. The van der Waals surface area contributed by atoms with Gasteiger partial charge in [-0.3, -0.25) is 0 Å². The monoisotopic (exact) mass is 208 g/mol. The molecule has 0 aromatic heterocycles. The fourth-order valence-corrected chi connectivity index (χ4v) is 2.97. The second-order valence-electron chi connectivity index (χ2n) is 5.36. The molecule has 0 aromatic carbocycles. The Bertz CT molecular complexity index is 292. The average molecular weight is 208 g/mol. The van der Waals surface area contributed by atoms with Crippen LogP contribution in [0, 0.1) is 16.7 Å². The predicted molar refractivity (Wildman–Crippen MR) is 58.2 cm³/mol. The van der Waals surface area contributed by atoms with E-state index in [1.54, 1.807) is 0 Å². The molecular formula is C12H20N2O. The van der Waals surface area contributed by atoms with E-state index in [-0.39, 0.29) is 0 Å². The SMILES string of the molecule is CC1CC(O)(C2(C#N)CCC2)CCN1C. The van der Waals surface area contributed by atoms with Crippen molar-refractivity contribution in [1.29, 1.82) is 5.26 Å². The van der Waals surface area contributed by atoms with Gasteiger partial charge in [-0.25, -0.2) is 0 Å². The molecule has 2 atom stereocenters. The van der Waals surface area contributed by atoms with Crippen molar-refractivity contribution in [2.75, 3.05) is 13.6 Å². The van der Waals surface area contributed by atoms with Crippen molar-refractivity contribution in [1.82, 2.24) is 4.90 Å². The fraction of sp³-hybridized carbons (Fsp3) is 0.917. The maximum absolute atomic E-state index is 10.7. The van der Waals surface area contributed by atoms with Crippen LogP contribution in [0.15, 0.2) is 0 Å². The van der Waals surface area contributed by atoms with Gasteiger partial charge < -0.3 is 10.0 Å². The van der Waals surface area contributed by atoms with Crippen LogP contribution >= 0.6 is 0 Å². The van der Waals surface area contributed by atoms with E-state index in [9.17, 15) is 10.4 Å². The molecule has 1 N–H and O–H groups in total. The Morgan fingerprint density at radius 3 is 2.47 bits per heavy atom. The molecule has 2 rings (SSSR count). The molecule has 0 amide bonds. The van der Waals surface area contributed by atoms with Gasteiger partial charge in [-0.2, -0.15) is 5.26 Å². The summed E-state index contributed by atoms with van der Waals surface area (Å²) in [6.07, 6.45) is 4.37. The van der Waals surface area contributed by atoms with Crippen LogP contribution in [0.4, 0.5) is 0 Å². The molecule has 0 bridgehead atoms. The highest BCUT2D eigenvalue weighted by Gasteiger charge is 2.56. The first-order valence-electron chi connectivity index (χ1n) is 5.87. The lowest BCUT2D eigenvalue weighted by molar-refractivity contribution is -0.136. The van der Waals surface area contributed by atoms with E-state index in [1.165, 1.54) is 0 Å². The van der Waals surface area contributed by atoms with Gasteiger partial charge in [-0.05, 0) is 39.7 Å². The number of nitrogens with zero attached hydrogens (tertiary/aromatic N) is 2. The van der Waals surface area contributed by atoms with E-state index in [0.717, 1.165) is 38.6 Å². The van der Waals surface area contributed by atoms with Gasteiger partial charge in [-0.15, -0.1) is 0 Å². The summed E-state index contributed by atoms with van der Waals surface area (Å²) in [6.45, 7) is 3.04. The van der Waals surface area contributed by atoms with E-state index < -0.39 is 11.0 Å².